The van der Waals surface area contributed by atoms with Crippen molar-refractivity contribution in [2.24, 2.45) is 5.10 Å². The third kappa shape index (κ3) is 3.81. The normalized spacial score (nSPS) is 11.4. The van der Waals surface area contributed by atoms with Crippen LogP contribution in [0.25, 0.3) is 11.3 Å². The highest BCUT2D eigenvalue weighted by atomic mass is 32.1. The highest BCUT2D eigenvalue weighted by Gasteiger charge is 2.04. The topological polar surface area (TPSA) is 40.5 Å². The van der Waals surface area contributed by atoms with E-state index < -0.39 is 0 Å². The smallest absolute Gasteiger partial charge is 0.203 e. The first-order chi connectivity index (χ1) is 11.6. The van der Waals surface area contributed by atoms with Gasteiger partial charge in [-0.1, -0.05) is 42.5 Å². The molecule has 0 aliphatic carbocycles. The van der Waals surface area contributed by atoms with E-state index in [0.29, 0.717) is 0 Å². The fraction of sp³-hybridized carbons (Fsp3) is 0.158. The standard InChI is InChI=1S/C19H20N4S/c1-14(15-9-11-17(12-10-15)23(2)3)21-22-19-20-18(13-24-19)16-7-5-4-6-8-16/h4-13H,1-3H3,(H,20,22)/b21-14-. The molecule has 4 nitrogen and oxygen atoms in total. The molecule has 24 heavy (non-hydrogen) atoms. The van der Waals surface area contributed by atoms with Gasteiger partial charge in [-0.15, -0.1) is 11.3 Å². The summed E-state index contributed by atoms with van der Waals surface area (Å²) < 4.78 is 0. The van der Waals surface area contributed by atoms with Gasteiger partial charge in [0.15, 0.2) is 0 Å². The summed E-state index contributed by atoms with van der Waals surface area (Å²) in [6, 6.07) is 18.5. The Morgan fingerprint density at radius 2 is 1.75 bits per heavy atom. The Kier molecular flexibility index (Phi) is 4.91. The average molecular weight is 336 g/mol. The monoisotopic (exact) mass is 336 g/mol. The second-order valence-electron chi connectivity index (χ2n) is 5.65. The van der Waals surface area contributed by atoms with E-state index in [9.17, 15) is 0 Å². The summed E-state index contributed by atoms with van der Waals surface area (Å²) in [5, 5.41) is 7.27. The molecule has 0 bridgehead atoms. The number of aromatic nitrogens is 1. The molecule has 3 aromatic rings. The molecular formula is C19H20N4S. The quantitative estimate of drug-likeness (QED) is 0.542. The number of hydrazone groups is 1. The molecule has 0 aliphatic heterocycles. The number of rotatable bonds is 5. The number of hydrogen-bond donors (Lipinski definition) is 1. The minimum Gasteiger partial charge on any atom is -0.378 e. The largest absolute Gasteiger partial charge is 0.378 e. The van der Waals surface area contributed by atoms with Crippen LogP contribution in [0.1, 0.15) is 12.5 Å². The Labute approximate surface area is 146 Å². The fourth-order valence-corrected chi connectivity index (χ4v) is 2.93. The predicted octanol–water partition coefficient (Wildman–Crippen LogP) is 4.71. The van der Waals surface area contributed by atoms with Crippen LogP contribution in [0.15, 0.2) is 65.1 Å². The Morgan fingerprint density at radius 3 is 2.42 bits per heavy atom. The number of benzene rings is 2. The van der Waals surface area contributed by atoms with E-state index in [1.54, 1.807) is 11.3 Å². The molecule has 0 amide bonds. The van der Waals surface area contributed by atoms with E-state index in [1.807, 2.05) is 44.6 Å². The first-order valence-electron chi connectivity index (χ1n) is 7.72. The molecule has 3 rings (SSSR count). The van der Waals surface area contributed by atoms with Gasteiger partial charge < -0.3 is 4.90 Å². The Morgan fingerprint density at radius 1 is 1.04 bits per heavy atom. The van der Waals surface area contributed by atoms with Crippen molar-refractivity contribution in [3.8, 4) is 11.3 Å². The summed E-state index contributed by atoms with van der Waals surface area (Å²) in [4.78, 5) is 6.66. The summed E-state index contributed by atoms with van der Waals surface area (Å²) in [6.07, 6.45) is 0. The maximum absolute atomic E-state index is 4.58. The van der Waals surface area contributed by atoms with Crippen LogP contribution in [-0.4, -0.2) is 24.8 Å². The predicted molar refractivity (Wildman–Crippen MR) is 104 cm³/mol. The Bertz CT molecular complexity index is 820. The van der Waals surface area contributed by atoms with Crippen LogP contribution >= 0.6 is 11.3 Å². The van der Waals surface area contributed by atoms with Crippen LogP contribution in [0.4, 0.5) is 10.8 Å². The van der Waals surface area contributed by atoms with Crippen molar-refractivity contribution in [1.29, 1.82) is 0 Å². The first-order valence-corrected chi connectivity index (χ1v) is 8.60. The molecule has 122 valence electrons. The fourth-order valence-electron chi connectivity index (χ4n) is 2.26. The van der Waals surface area contributed by atoms with Crippen molar-refractivity contribution in [2.45, 2.75) is 6.92 Å². The third-order valence-electron chi connectivity index (χ3n) is 3.69. The maximum atomic E-state index is 4.58. The highest BCUT2D eigenvalue weighted by Crippen LogP contribution is 2.24. The van der Waals surface area contributed by atoms with Gasteiger partial charge in [0, 0.05) is 30.7 Å². The molecule has 0 radical (unpaired) electrons. The second-order valence-corrected chi connectivity index (χ2v) is 6.51. The number of nitrogens with zero attached hydrogens (tertiary/aromatic N) is 3. The summed E-state index contributed by atoms with van der Waals surface area (Å²) in [5.41, 5.74) is 8.32. The summed E-state index contributed by atoms with van der Waals surface area (Å²) >= 11 is 1.55. The van der Waals surface area contributed by atoms with Crippen molar-refractivity contribution in [3.63, 3.8) is 0 Å². The summed E-state index contributed by atoms with van der Waals surface area (Å²) in [5.74, 6) is 0. The van der Waals surface area contributed by atoms with Crippen molar-refractivity contribution in [2.75, 3.05) is 24.4 Å². The van der Waals surface area contributed by atoms with Gasteiger partial charge in [0.2, 0.25) is 5.13 Å². The van der Waals surface area contributed by atoms with Gasteiger partial charge in [-0.3, -0.25) is 5.43 Å². The van der Waals surface area contributed by atoms with Crippen LogP contribution in [-0.2, 0) is 0 Å². The van der Waals surface area contributed by atoms with E-state index in [4.69, 9.17) is 0 Å². The van der Waals surface area contributed by atoms with E-state index in [-0.39, 0.29) is 0 Å². The number of thiazole rings is 1. The highest BCUT2D eigenvalue weighted by molar-refractivity contribution is 7.14. The van der Waals surface area contributed by atoms with Crippen LogP contribution in [0, 0.1) is 0 Å². The van der Waals surface area contributed by atoms with E-state index in [0.717, 1.165) is 27.7 Å². The zero-order valence-corrected chi connectivity index (χ0v) is 14.8. The van der Waals surface area contributed by atoms with Crippen LogP contribution in [0.3, 0.4) is 0 Å². The molecule has 1 N–H and O–H groups in total. The van der Waals surface area contributed by atoms with E-state index in [2.05, 4.69) is 56.8 Å². The molecule has 0 aliphatic rings. The van der Waals surface area contributed by atoms with Gasteiger partial charge in [-0.25, -0.2) is 4.98 Å². The minimum atomic E-state index is 0.790. The number of anilines is 2. The van der Waals surface area contributed by atoms with Crippen LogP contribution in [0.2, 0.25) is 0 Å². The lowest BCUT2D eigenvalue weighted by Crippen LogP contribution is -2.08. The average Bonchev–Trinajstić information content (AvgIpc) is 3.09. The van der Waals surface area contributed by atoms with E-state index >= 15 is 0 Å². The zero-order valence-electron chi connectivity index (χ0n) is 14.0. The third-order valence-corrected chi connectivity index (χ3v) is 4.44. The van der Waals surface area contributed by atoms with Crippen molar-refractivity contribution < 1.29 is 0 Å². The van der Waals surface area contributed by atoms with Gasteiger partial charge in [-0.05, 0) is 24.6 Å². The van der Waals surface area contributed by atoms with Gasteiger partial charge in [-0.2, -0.15) is 5.10 Å². The van der Waals surface area contributed by atoms with E-state index in [1.165, 1.54) is 5.69 Å². The van der Waals surface area contributed by atoms with Gasteiger partial charge in [0.25, 0.3) is 0 Å². The number of hydrogen-bond acceptors (Lipinski definition) is 5. The Hall–Kier alpha value is -2.66. The van der Waals surface area contributed by atoms with Crippen LogP contribution in [0.5, 0.6) is 0 Å². The molecule has 5 heteroatoms. The summed E-state index contributed by atoms with van der Waals surface area (Å²) in [7, 11) is 4.06. The second kappa shape index (κ2) is 7.27. The first kappa shape index (κ1) is 16.2. The lowest BCUT2D eigenvalue weighted by atomic mass is 10.1. The Balaban J connectivity index is 1.70. The molecule has 2 aromatic carbocycles. The minimum absolute atomic E-state index is 0.790. The van der Waals surface area contributed by atoms with Crippen LogP contribution < -0.4 is 10.3 Å². The van der Waals surface area contributed by atoms with Crippen molar-refractivity contribution in [1.82, 2.24) is 4.98 Å². The van der Waals surface area contributed by atoms with Gasteiger partial charge in [0.1, 0.15) is 0 Å². The molecule has 0 atom stereocenters. The molecule has 0 fully saturated rings. The van der Waals surface area contributed by atoms with Gasteiger partial charge in [0.05, 0.1) is 11.4 Å². The molecule has 1 aromatic heterocycles. The molecule has 0 spiro atoms. The van der Waals surface area contributed by atoms with Crippen molar-refractivity contribution >= 4 is 27.9 Å². The lowest BCUT2D eigenvalue weighted by Gasteiger charge is -2.12. The SMILES string of the molecule is C/C(=N/Nc1nc(-c2ccccc2)cs1)c1ccc(N(C)C)cc1. The molecule has 0 saturated heterocycles. The number of nitrogens with one attached hydrogen (secondary N) is 1. The molecule has 1 heterocycles. The molecule has 0 saturated carbocycles. The molecular weight excluding hydrogens is 316 g/mol. The van der Waals surface area contributed by atoms with Gasteiger partial charge >= 0.3 is 0 Å². The van der Waals surface area contributed by atoms with Crippen molar-refractivity contribution in [3.05, 3.63) is 65.5 Å². The zero-order chi connectivity index (χ0) is 16.9. The summed E-state index contributed by atoms with van der Waals surface area (Å²) in [6.45, 7) is 1.99. The lowest BCUT2D eigenvalue weighted by molar-refractivity contribution is 1.13. The maximum Gasteiger partial charge on any atom is 0.203 e. The molecule has 0 unspecified atom stereocenters.